The van der Waals surface area contributed by atoms with E-state index < -0.39 is 5.97 Å². The summed E-state index contributed by atoms with van der Waals surface area (Å²) in [5.74, 6) is -1.35. The van der Waals surface area contributed by atoms with Gasteiger partial charge in [0.25, 0.3) is 0 Å². The summed E-state index contributed by atoms with van der Waals surface area (Å²) in [6.07, 6.45) is 6.69. The van der Waals surface area contributed by atoms with Crippen molar-refractivity contribution >= 4 is 23.7 Å². The normalized spacial score (nSPS) is 10.6. The summed E-state index contributed by atoms with van der Waals surface area (Å²) in [6, 6.07) is 0. The number of hydrogen-bond donors (Lipinski definition) is 0. The molecule has 0 atom stereocenters. The zero-order valence-corrected chi connectivity index (χ0v) is 16.9. The van der Waals surface area contributed by atoms with E-state index in [1.165, 1.54) is 6.92 Å². The quantitative estimate of drug-likeness (QED) is 0.159. The highest BCUT2D eigenvalue weighted by atomic mass is 16.5. The molecule has 0 aliphatic carbocycles. The number of unbranched alkanes of at least 4 members (excludes halogenated alkanes) is 3. The molecule has 0 aromatic rings. The van der Waals surface area contributed by atoms with Gasteiger partial charge in [0.05, 0.1) is 19.8 Å². The molecule has 160 valence electrons. The van der Waals surface area contributed by atoms with Crippen LogP contribution in [0.5, 0.6) is 0 Å². The van der Waals surface area contributed by atoms with Crippen LogP contribution >= 0.6 is 0 Å². The molecule has 0 aromatic heterocycles. The molecule has 0 bridgehead atoms. The van der Waals surface area contributed by atoms with Crippen LogP contribution in [0, 0.1) is 0 Å². The molecule has 0 aromatic carbocycles. The second-order valence-corrected chi connectivity index (χ2v) is 6.17. The van der Waals surface area contributed by atoms with E-state index in [0.717, 1.165) is 25.0 Å². The molecule has 0 saturated heterocycles. The average molecular weight is 400 g/mol. The summed E-state index contributed by atoms with van der Waals surface area (Å²) >= 11 is 0. The van der Waals surface area contributed by atoms with Gasteiger partial charge in [-0.05, 0) is 51.5 Å². The van der Waals surface area contributed by atoms with Crippen LogP contribution in [0.1, 0.15) is 58.3 Å². The van der Waals surface area contributed by atoms with Crippen molar-refractivity contribution in [3.8, 4) is 0 Å². The van der Waals surface area contributed by atoms with Crippen molar-refractivity contribution in [1.82, 2.24) is 0 Å². The van der Waals surface area contributed by atoms with Gasteiger partial charge >= 0.3 is 17.9 Å². The maximum absolute atomic E-state index is 11.6. The zero-order chi connectivity index (χ0) is 21.0. The van der Waals surface area contributed by atoms with Crippen LogP contribution in [-0.4, -0.2) is 57.2 Å². The van der Waals surface area contributed by atoms with Gasteiger partial charge in [0.2, 0.25) is 0 Å². The molecule has 8 heteroatoms. The predicted octanol–water partition coefficient (Wildman–Crippen LogP) is 2.53. The SMILES string of the molecule is COCCCCOC(=O)CCCCC(=O)OCCCCOC(=O)/C=C/C(C)=O. The minimum absolute atomic E-state index is 0.201. The molecule has 0 amide bonds. The van der Waals surface area contributed by atoms with Crippen LogP contribution in [0.4, 0.5) is 0 Å². The molecule has 0 aliphatic heterocycles. The first-order chi connectivity index (χ1) is 13.5. The van der Waals surface area contributed by atoms with E-state index in [2.05, 4.69) is 0 Å². The molecular weight excluding hydrogens is 368 g/mol. The fraction of sp³-hybridized carbons (Fsp3) is 0.700. The standard InChI is InChI=1S/C20H32O8/c1-17(21)11-12-20(24)28-16-8-7-15-27-19(23)10-4-3-9-18(22)26-14-6-5-13-25-2/h11-12H,3-10,13-16H2,1-2H3/b12-11+. The molecule has 0 rings (SSSR count). The number of methoxy groups -OCH3 is 1. The van der Waals surface area contributed by atoms with E-state index in [-0.39, 0.29) is 37.4 Å². The maximum atomic E-state index is 11.6. The molecule has 28 heavy (non-hydrogen) atoms. The smallest absolute Gasteiger partial charge is 0.330 e. The number of ketones is 1. The molecule has 0 saturated carbocycles. The van der Waals surface area contributed by atoms with Gasteiger partial charge in [0.1, 0.15) is 0 Å². The fourth-order valence-corrected chi connectivity index (χ4v) is 2.01. The van der Waals surface area contributed by atoms with E-state index in [4.69, 9.17) is 18.9 Å². The van der Waals surface area contributed by atoms with E-state index in [1.54, 1.807) is 7.11 Å². The molecular formula is C20H32O8. The van der Waals surface area contributed by atoms with Gasteiger partial charge in [-0.2, -0.15) is 0 Å². The number of carbonyl (C=O) groups excluding carboxylic acids is 4. The molecule has 0 heterocycles. The van der Waals surface area contributed by atoms with E-state index in [0.29, 0.717) is 45.3 Å². The monoisotopic (exact) mass is 400 g/mol. The summed E-state index contributed by atoms with van der Waals surface area (Å²) in [6.45, 7) is 2.85. The Morgan fingerprint density at radius 2 is 1.11 bits per heavy atom. The van der Waals surface area contributed by atoms with Gasteiger partial charge < -0.3 is 18.9 Å². The summed E-state index contributed by atoms with van der Waals surface area (Å²) in [7, 11) is 1.63. The van der Waals surface area contributed by atoms with E-state index >= 15 is 0 Å². The van der Waals surface area contributed by atoms with Gasteiger partial charge in [-0.25, -0.2) is 4.79 Å². The van der Waals surface area contributed by atoms with Gasteiger partial charge in [0, 0.05) is 32.6 Å². The minimum Gasteiger partial charge on any atom is -0.466 e. The Hall–Kier alpha value is -2.22. The van der Waals surface area contributed by atoms with Crippen molar-refractivity contribution in [1.29, 1.82) is 0 Å². The third-order valence-electron chi connectivity index (χ3n) is 3.52. The van der Waals surface area contributed by atoms with Gasteiger partial charge in [-0.1, -0.05) is 0 Å². The van der Waals surface area contributed by atoms with Crippen LogP contribution in [0.25, 0.3) is 0 Å². The lowest BCUT2D eigenvalue weighted by molar-refractivity contribution is -0.146. The third kappa shape index (κ3) is 18.6. The third-order valence-corrected chi connectivity index (χ3v) is 3.52. The van der Waals surface area contributed by atoms with Crippen LogP contribution in [0.2, 0.25) is 0 Å². The lowest BCUT2D eigenvalue weighted by Gasteiger charge is -2.06. The topological polar surface area (TPSA) is 105 Å². The highest BCUT2D eigenvalue weighted by molar-refractivity contribution is 5.94. The number of rotatable bonds is 17. The lowest BCUT2D eigenvalue weighted by Crippen LogP contribution is -2.09. The Kier molecular flexibility index (Phi) is 16.7. The first-order valence-electron chi connectivity index (χ1n) is 9.61. The molecule has 0 unspecified atom stereocenters. The summed E-state index contributed by atoms with van der Waals surface area (Å²) in [5.41, 5.74) is 0. The second-order valence-electron chi connectivity index (χ2n) is 6.17. The van der Waals surface area contributed by atoms with Crippen LogP contribution in [0.15, 0.2) is 12.2 Å². The summed E-state index contributed by atoms with van der Waals surface area (Å²) in [4.78, 5) is 44.9. The Morgan fingerprint density at radius 3 is 1.57 bits per heavy atom. The number of ether oxygens (including phenoxy) is 4. The van der Waals surface area contributed by atoms with Crippen molar-refractivity contribution in [3.05, 3.63) is 12.2 Å². The Bertz CT molecular complexity index is 498. The second kappa shape index (κ2) is 18.2. The average Bonchev–Trinajstić information content (AvgIpc) is 2.66. The van der Waals surface area contributed by atoms with Crippen LogP contribution < -0.4 is 0 Å². The number of allylic oxidation sites excluding steroid dienone is 1. The Labute approximate surface area is 166 Å². The zero-order valence-electron chi connectivity index (χ0n) is 16.9. The fourth-order valence-electron chi connectivity index (χ4n) is 2.01. The van der Waals surface area contributed by atoms with Crippen molar-refractivity contribution in [2.24, 2.45) is 0 Å². The predicted molar refractivity (Wildman–Crippen MR) is 102 cm³/mol. The first-order valence-corrected chi connectivity index (χ1v) is 9.61. The molecule has 0 spiro atoms. The van der Waals surface area contributed by atoms with Gasteiger partial charge in [0.15, 0.2) is 5.78 Å². The van der Waals surface area contributed by atoms with Crippen LogP contribution in [0.3, 0.4) is 0 Å². The molecule has 8 nitrogen and oxygen atoms in total. The Balaban J connectivity index is 3.47. The van der Waals surface area contributed by atoms with Crippen molar-refractivity contribution in [3.63, 3.8) is 0 Å². The molecule has 0 radical (unpaired) electrons. The van der Waals surface area contributed by atoms with E-state index in [9.17, 15) is 19.2 Å². The summed E-state index contributed by atoms with van der Waals surface area (Å²) in [5, 5.41) is 0. The number of carbonyl (C=O) groups is 4. The lowest BCUT2D eigenvalue weighted by atomic mass is 10.2. The number of esters is 3. The highest BCUT2D eigenvalue weighted by Crippen LogP contribution is 2.04. The molecule has 0 fully saturated rings. The first kappa shape index (κ1) is 25.8. The Morgan fingerprint density at radius 1 is 0.643 bits per heavy atom. The summed E-state index contributed by atoms with van der Waals surface area (Å²) < 4.78 is 19.9. The largest absolute Gasteiger partial charge is 0.466 e. The van der Waals surface area contributed by atoms with Gasteiger partial charge in [-0.15, -0.1) is 0 Å². The van der Waals surface area contributed by atoms with Gasteiger partial charge in [-0.3, -0.25) is 14.4 Å². The van der Waals surface area contributed by atoms with E-state index in [1.807, 2.05) is 0 Å². The highest BCUT2D eigenvalue weighted by Gasteiger charge is 2.06. The minimum atomic E-state index is -0.569. The number of hydrogen-bond acceptors (Lipinski definition) is 8. The van der Waals surface area contributed by atoms with Crippen molar-refractivity contribution < 1.29 is 38.1 Å². The van der Waals surface area contributed by atoms with Crippen molar-refractivity contribution in [2.45, 2.75) is 58.3 Å². The van der Waals surface area contributed by atoms with Crippen molar-refractivity contribution in [2.75, 3.05) is 33.5 Å². The molecule has 0 N–H and O–H groups in total. The van der Waals surface area contributed by atoms with Crippen LogP contribution in [-0.2, 0) is 38.1 Å². The molecule has 0 aliphatic rings. The maximum Gasteiger partial charge on any atom is 0.330 e.